The first kappa shape index (κ1) is 20.6. The van der Waals surface area contributed by atoms with E-state index in [1.54, 1.807) is 49.4 Å². The van der Waals surface area contributed by atoms with Crippen LogP contribution >= 0.6 is 0 Å². The average molecular weight is 441 g/mol. The minimum atomic E-state index is -3.69. The third-order valence-electron chi connectivity index (χ3n) is 4.56. The Morgan fingerprint density at radius 3 is 2.52 bits per heavy atom. The number of rotatable bonds is 7. The Labute approximate surface area is 178 Å². The molecule has 2 heterocycles. The normalized spacial score (nSPS) is 13.3. The number of hydrogen-bond donors (Lipinski definition) is 2. The second-order valence-electron chi connectivity index (χ2n) is 6.63. The van der Waals surface area contributed by atoms with Crippen LogP contribution in [0.4, 0.5) is 0 Å². The number of carbonyl (C=O) groups is 1. The van der Waals surface area contributed by atoms with Gasteiger partial charge < -0.3 is 13.9 Å². The van der Waals surface area contributed by atoms with Gasteiger partial charge >= 0.3 is 0 Å². The Hall–Kier alpha value is -3.63. The van der Waals surface area contributed by atoms with E-state index in [1.165, 1.54) is 18.4 Å². The molecule has 0 saturated carbocycles. The van der Waals surface area contributed by atoms with Gasteiger partial charge in [-0.3, -0.25) is 4.79 Å². The number of hydrazone groups is 1. The summed E-state index contributed by atoms with van der Waals surface area (Å²) >= 11 is 0. The van der Waals surface area contributed by atoms with Gasteiger partial charge in [0.15, 0.2) is 11.5 Å². The van der Waals surface area contributed by atoms with Gasteiger partial charge in [0.2, 0.25) is 16.8 Å². The summed E-state index contributed by atoms with van der Waals surface area (Å²) in [6.07, 6.45) is 1.48. The number of fused-ring (bicyclic) bond motifs is 1. The van der Waals surface area contributed by atoms with Crippen molar-refractivity contribution in [3.8, 4) is 11.5 Å². The van der Waals surface area contributed by atoms with E-state index in [0.717, 1.165) is 0 Å². The lowest BCUT2D eigenvalue weighted by Gasteiger charge is -2.07. The van der Waals surface area contributed by atoms with Crippen LogP contribution in [0.15, 0.2) is 75.3 Å². The predicted molar refractivity (Wildman–Crippen MR) is 111 cm³/mol. The van der Waals surface area contributed by atoms with Gasteiger partial charge in [0.1, 0.15) is 5.76 Å². The van der Waals surface area contributed by atoms with E-state index in [4.69, 9.17) is 13.9 Å². The summed E-state index contributed by atoms with van der Waals surface area (Å²) in [5.41, 5.74) is 4.04. The van der Waals surface area contributed by atoms with Crippen molar-refractivity contribution >= 4 is 21.6 Å². The molecule has 0 spiro atoms. The first-order chi connectivity index (χ1) is 14.9. The fourth-order valence-electron chi connectivity index (χ4n) is 2.84. The first-order valence-electron chi connectivity index (χ1n) is 9.29. The molecular weight excluding hydrogens is 422 g/mol. The number of ether oxygens (including phenoxy) is 2. The molecule has 0 radical (unpaired) electrons. The quantitative estimate of drug-likeness (QED) is 0.430. The molecule has 0 saturated heterocycles. The molecule has 0 unspecified atom stereocenters. The van der Waals surface area contributed by atoms with E-state index in [1.807, 2.05) is 0 Å². The summed E-state index contributed by atoms with van der Waals surface area (Å²) in [6.45, 7) is 1.89. The third-order valence-corrected chi connectivity index (χ3v) is 5.98. The summed E-state index contributed by atoms with van der Waals surface area (Å²) < 4.78 is 42.9. The SMILES string of the molecule is CC(=NNC(=O)c1ccc2c(c1)OCO2)c1ccc(S(=O)(=O)NCc2ccco2)cc1. The zero-order valence-corrected chi connectivity index (χ0v) is 17.3. The number of amides is 1. The molecule has 1 aliphatic heterocycles. The monoisotopic (exact) mass is 441 g/mol. The molecule has 0 aliphatic carbocycles. The number of sulfonamides is 1. The highest BCUT2D eigenvalue weighted by Gasteiger charge is 2.17. The van der Waals surface area contributed by atoms with Crippen LogP contribution in [-0.2, 0) is 16.6 Å². The van der Waals surface area contributed by atoms with Gasteiger partial charge in [0.25, 0.3) is 5.91 Å². The molecule has 10 heteroatoms. The number of nitrogens with one attached hydrogen (secondary N) is 2. The van der Waals surface area contributed by atoms with Crippen molar-refractivity contribution in [1.82, 2.24) is 10.1 Å². The number of benzene rings is 2. The largest absolute Gasteiger partial charge is 0.468 e. The van der Waals surface area contributed by atoms with Crippen LogP contribution in [0.1, 0.15) is 28.6 Å². The molecule has 2 aromatic carbocycles. The van der Waals surface area contributed by atoms with Crippen LogP contribution < -0.4 is 19.6 Å². The topological polar surface area (TPSA) is 119 Å². The lowest BCUT2D eigenvalue weighted by Crippen LogP contribution is -2.23. The second kappa shape index (κ2) is 8.62. The van der Waals surface area contributed by atoms with Crippen molar-refractivity contribution in [2.24, 2.45) is 5.10 Å². The molecule has 4 rings (SSSR count). The summed E-state index contributed by atoms with van der Waals surface area (Å²) in [7, 11) is -3.69. The van der Waals surface area contributed by atoms with Crippen LogP contribution in [-0.4, -0.2) is 26.8 Å². The molecule has 0 atom stereocenters. The minimum absolute atomic E-state index is 0.0590. The molecule has 3 aromatic rings. The Morgan fingerprint density at radius 2 is 1.77 bits per heavy atom. The number of furan rings is 1. The Balaban J connectivity index is 1.39. The Morgan fingerprint density at radius 1 is 1.03 bits per heavy atom. The van der Waals surface area contributed by atoms with Gasteiger partial charge in [0, 0.05) is 5.56 Å². The summed E-state index contributed by atoms with van der Waals surface area (Å²) in [5.74, 6) is 1.20. The van der Waals surface area contributed by atoms with Crippen molar-refractivity contribution < 1.29 is 27.1 Å². The maximum atomic E-state index is 12.4. The van der Waals surface area contributed by atoms with Crippen molar-refractivity contribution in [1.29, 1.82) is 0 Å². The van der Waals surface area contributed by atoms with E-state index in [9.17, 15) is 13.2 Å². The molecule has 0 fully saturated rings. The smallest absolute Gasteiger partial charge is 0.271 e. The first-order valence-corrected chi connectivity index (χ1v) is 10.8. The molecule has 9 nitrogen and oxygen atoms in total. The van der Waals surface area contributed by atoms with Gasteiger partial charge in [-0.2, -0.15) is 5.10 Å². The average Bonchev–Trinajstić information content (AvgIpc) is 3.47. The van der Waals surface area contributed by atoms with Crippen LogP contribution in [0.25, 0.3) is 0 Å². The fourth-order valence-corrected chi connectivity index (χ4v) is 3.83. The van der Waals surface area contributed by atoms with E-state index >= 15 is 0 Å². The Bertz CT molecular complexity index is 1220. The predicted octanol–water partition coefficient (Wildman–Crippen LogP) is 2.64. The van der Waals surface area contributed by atoms with Crippen molar-refractivity contribution in [3.63, 3.8) is 0 Å². The summed E-state index contributed by atoms with van der Waals surface area (Å²) in [4.78, 5) is 12.4. The molecule has 1 amide bonds. The van der Waals surface area contributed by atoms with Gasteiger partial charge in [-0.15, -0.1) is 0 Å². The second-order valence-corrected chi connectivity index (χ2v) is 8.40. The van der Waals surface area contributed by atoms with Crippen LogP contribution in [0.2, 0.25) is 0 Å². The van der Waals surface area contributed by atoms with E-state index < -0.39 is 15.9 Å². The van der Waals surface area contributed by atoms with Gasteiger partial charge in [-0.1, -0.05) is 12.1 Å². The van der Waals surface area contributed by atoms with Crippen molar-refractivity contribution in [2.75, 3.05) is 6.79 Å². The maximum absolute atomic E-state index is 12.4. The highest BCUT2D eigenvalue weighted by molar-refractivity contribution is 7.89. The van der Waals surface area contributed by atoms with E-state index in [0.29, 0.717) is 34.1 Å². The molecule has 31 heavy (non-hydrogen) atoms. The standard InChI is InChI=1S/C21H19N3O6S/c1-14(23-24-21(25)16-6-9-19-20(11-16)30-13-29-19)15-4-7-18(8-5-15)31(26,27)22-12-17-3-2-10-28-17/h2-11,22H,12-13H2,1H3,(H,24,25). The van der Waals surface area contributed by atoms with Crippen LogP contribution in [0.5, 0.6) is 11.5 Å². The van der Waals surface area contributed by atoms with Gasteiger partial charge in [0.05, 0.1) is 23.4 Å². The van der Waals surface area contributed by atoms with E-state index in [-0.39, 0.29) is 18.2 Å². The highest BCUT2D eigenvalue weighted by Crippen LogP contribution is 2.32. The molecule has 1 aliphatic rings. The minimum Gasteiger partial charge on any atom is -0.468 e. The maximum Gasteiger partial charge on any atom is 0.271 e. The number of hydrogen-bond acceptors (Lipinski definition) is 7. The van der Waals surface area contributed by atoms with Gasteiger partial charge in [-0.05, 0) is 55.0 Å². The third kappa shape index (κ3) is 4.76. The highest BCUT2D eigenvalue weighted by atomic mass is 32.2. The fraction of sp³-hybridized carbons (Fsp3) is 0.143. The summed E-state index contributed by atoms with van der Waals surface area (Å²) in [5, 5.41) is 4.09. The Kier molecular flexibility index (Phi) is 5.74. The van der Waals surface area contributed by atoms with Crippen molar-refractivity contribution in [3.05, 3.63) is 77.7 Å². The van der Waals surface area contributed by atoms with Crippen molar-refractivity contribution in [2.45, 2.75) is 18.4 Å². The zero-order chi connectivity index (χ0) is 21.8. The van der Waals surface area contributed by atoms with Crippen LogP contribution in [0, 0.1) is 0 Å². The molecule has 2 N–H and O–H groups in total. The molecule has 0 bridgehead atoms. The van der Waals surface area contributed by atoms with Gasteiger partial charge in [-0.25, -0.2) is 18.6 Å². The lowest BCUT2D eigenvalue weighted by molar-refractivity contribution is 0.0954. The summed E-state index contributed by atoms with van der Waals surface area (Å²) in [6, 6.07) is 14.4. The molecular formula is C21H19N3O6S. The molecule has 1 aromatic heterocycles. The van der Waals surface area contributed by atoms with E-state index in [2.05, 4.69) is 15.2 Å². The van der Waals surface area contributed by atoms with Crippen LogP contribution in [0.3, 0.4) is 0 Å². The number of nitrogens with zero attached hydrogens (tertiary/aromatic N) is 1. The zero-order valence-electron chi connectivity index (χ0n) is 16.5. The lowest BCUT2D eigenvalue weighted by atomic mass is 10.1. The molecule has 160 valence electrons. The number of carbonyl (C=O) groups excluding carboxylic acids is 1.